The van der Waals surface area contributed by atoms with E-state index in [9.17, 15) is 4.39 Å². The maximum absolute atomic E-state index is 12.3. The van der Waals surface area contributed by atoms with Crippen LogP contribution in [0, 0.1) is 5.95 Å². The fourth-order valence-electron chi connectivity index (χ4n) is 1.17. The second kappa shape index (κ2) is 2.08. The summed E-state index contributed by atoms with van der Waals surface area (Å²) in [5.41, 5.74) is 0. The second-order valence-electron chi connectivity index (χ2n) is 2.70. The van der Waals surface area contributed by atoms with Crippen molar-refractivity contribution in [3.63, 3.8) is 0 Å². The van der Waals surface area contributed by atoms with E-state index in [4.69, 9.17) is 0 Å². The van der Waals surface area contributed by atoms with Crippen LogP contribution < -0.4 is 0 Å². The molecule has 2 rings (SSSR count). The third-order valence-electron chi connectivity index (χ3n) is 2.02. The molecule has 0 spiro atoms. The van der Waals surface area contributed by atoms with Crippen LogP contribution in [0.1, 0.15) is 25.3 Å². The molecule has 1 aliphatic carbocycles. The molecular weight excluding hydrogens is 131 g/mol. The number of nitrogens with zero attached hydrogens (tertiary/aromatic N) is 2. The van der Waals surface area contributed by atoms with E-state index >= 15 is 0 Å². The second-order valence-corrected chi connectivity index (χ2v) is 2.70. The van der Waals surface area contributed by atoms with Crippen molar-refractivity contribution >= 4 is 0 Å². The van der Waals surface area contributed by atoms with Crippen LogP contribution in [0.25, 0.3) is 0 Å². The van der Waals surface area contributed by atoms with Crippen LogP contribution >= 0.6 is 0 Å². The molecule has 0 bridgehead atoms. The maximum Gasteiger partial charge on any atom is 0.232 e. The highest BCUT2D eigenvalue weighted by atomic mass is 19.1. The van der Waals surface area contributed by atoms with Crippen LogP contribution in [0.15, 0.2) is 12.3 Å². The first-order valence-electron chi connectivity index (χ1n) is 3.57. The van der Waals surface area contributed by atoms with Crippen LogP contribution in [0.5, 0.6) is 0 Å². The minimum Gasteiger partial charge on any atom is -0.267 e. The van der Waals surface area contributed by atoms with Crippen molar-refractivity contribution in [1.29, 1.82) is 0 Å². The van der Waals surface area contributed by atoms with Gasteiger partial charge in [-0.15, -0.1) is 5.10 Å². The number of rotatable bonds is 1. The smallest absolute Gasteiger partial charge is 0.232 e. The van der Waals surface area contributed by atoms with Gasteiger partial charge in [0.05, 0.1) is 6.04 Å². The standard InChI is InChI=1S/C7H9FN2/c8-7-4-5-10(9-7)6-2-1-3-6/h4-6H,1-3H2. The molecule has 0 amide bonds. The molecule has 1 heterocycles. The van der Waals surface area contributed by atoms with Crippen molar-refractivity contribution in [2.45, 2.75) is 25.3 Å². The fourth-order valence-corrected chi connectivity index (χ4v) is 1.17. The molecule has 0 atom stereocenters. The van der Waals surface area contributed by atoms with Crippen molar-refractivity contribution < 1.29 is 4.39 Å². The fraction of sp³-hybridized carbons (Fsp3) is 0.571. The van der Waals surface area contributed by atoms with Gasteiger partial charge in [0.2, 0.25) is 5.95 Å². The van der Waals surface area contributed by atoms with Crippen molar-refractivity contribution in [2.75, 3.05) is 0 Å². The minimum atomic E-state index is -0.369. The van der Waals surface area contributed by atoms with Crippen LogP contribution in [0.3, 0.4) is 0 Å². The van der Waals surface area contributed by atoms with Gasteiger partial charge in [0.25, 0.3) is 0 Å². The van der Waals surface area contributed by atoms with Gasteiger partial charge in [-0.05, 0) is 19.3 Å². The van der Waals surface area contributed by atoms with Crippen molar-refractivity contribution in [2.24, 2.45) is 0 Å². The summed E-state index contributed by atoms with van der Waals surface area (Å²) in [6, 6.07) is 1.88. The Hall–Kier alpha value is -0.860. The van der Waals surface area contributed by atoms with Gasteiger partial charge >= 0.3 is 0 Å². The highest BCUT2D eigenvalue weighted by Crippen LogP contribution is 2.30. The van der Waals surface area contributed by atoms with Crippen LogP contribution in [-0.4, -0.2) is 9.78 Å². The predicted molar refractivity (Wildman–Crippen MR) is 35.1 cm³/mol. The normalized spacial score (nSPS) is 18.9. The first kappa shape index (κ1) is 5.89. The zero-order valence-electron chi connectivity index (χ0n) is 5.63. The van der Waals surface area contributed by atoms with E-state index < -0.39 is 0 Å². The van der Waals surface area contributed by atoms with Gasteiger partial charge in [0.1, 0.15) is 0 Å². The summed E-state index contributed by atoms with van der Waals surface area (Å²) >= 11 is 0. The molecule has 1 aromatic rings. The van der Waals surface area contributed by atoms with E-state index in [0.29, 0.717) is 6.04 Å². The van der Waals surface area contributed by atoms with Gasteiger partial charge in [-0.1, -0.05) is 0 Å². The Morgan fingerprint density at radius 1 is 1.60 bits per heavy atom. The molecule has 2 nitrogen and oxygen atoms in total. The Bertz CT molecular complexity index is 227. The van der Waals surface area contributed by atoms with Crippen molar-refractivity contribution in [1.82, 2.24) is 9.78 Å². The largest absolute Gasteiger partial charge is 0.267 e. The molecule has 54 valence electrons. The highest BCUT2D eigenvalue weighted by molar-refractivity contribution is 4.87. The SMILES string of the molecule is Fc1ccn(C2CCC2)n1. The summed E-state index contributed by atoms with van der Waals surface area (Å²) in [5.74, 6) is -0.369. The van der Waals surface area contributed by atoms with Gasteiger partial charge < -0.3 is 0 Å². The molecule has 1 fully saturated rings. The Balaban J connectivity index is 2.17. The summed E-state index contributed by atoms with van der Waals surface area (Å²) in [4.78, 5) is 0. The number of halogens is 1. The molecule has 10 heavy (non-hydrogen) atoms. The van der Waals surface area contributed by atoms with Gasteiger partial charge in [-0.3, -0.25) is 4.68 Å². The third kappa shape index (κ3) is 0.818. The van der Waals surface area contributed by atoms with E-state index in [1.54, 1.807) is 10.9 Å². The van der Waals surface area contributed by atoms with E-state index in [-0.39, 0.29) is 5.95 Å². The maximum atomic E-state index is 12.3. The summed E-state index contributed by atoms with van der Waals surface area (Å²) in [5, 5.41) is 3.68. The zero-order valence-corrected chi connectivity index (χ0v) is 5.63. The molecule has 0 aromatic carbocycles. The molecule has 3 heteroatoms. The minimum absolute atomic E-state index is 0.369. The lowest BCUT2D eigenvalue weighted by atomic mass is 9.93. The first-order chi connectivity index (χ1) is 4.86. The molecule has 0 unspecified atom stereocenters. The highest BCUT2D eigenvalue weighted by Gasteiger charge is 2.19. The van der Waals surface area contributed by atoms with E-state index in [1.807, 2.05) is 0 Å². The topological polar surface area (TPSA) is 17.8 Å². The predicted octanol–water partition coefficient (Wildman–Crippen LogP) is 1.75. The molecule has 0 radical (unpaired) electrons. The first-order valence-corrected chi connectivity index (χ1v) is 3.57. The zero-order chi connectivity index (χ0) is 6.97. The number of aromatic nitrogens is 2. The Morgan fingerprint density at radius 3 is 2.80 bits per heavy atom. The van der Waals surface area contributed by atoms with Gasteiger partial charge in [-0.2, -0.15) is 4.39 Å². The van der Waals surface area contributed by atoms with Crippen molar-refractivity contribution in [3.8, 4) is 0 Å². The van der Waals surface area contributed by atoms with Gasteiger partial charge in [-0.25, -0.2) is 0 Å². The number of hydrogen-bond acceptors (Lipinski definition) is 1. The lowest BCUT2D eigenvalue weighted by Gasteiger charge is -2.25. The lowest BCUT2D eigenvalue weighted by Crippen LogP contribution is -2.17. The molecular formula is C7H9FN2. The third-order valence-corrected chi connectivity index (χ3v) is 2.02. The Labute approximate surface area is 58.7 Å². The molecule has 0 N–H and O–H groups in total. The van der Waals surface area contributed by atoms with E-state index in [2.05, 4.69) is 5.10 Å². The molecule has 1 saturated carbocycles. The van der Waals surface area contributed by atoms with Crippen LogP contribution in [0.4, 0.5) is 4.39 Å². The quantitative estimate of drug-likeness (QED) is 0.581. The molecule has 1 aromatic heterocycles. The van der Waals surface area contributed by atoms with E-state index in [1.165, 1.54) is 12.5 Å². The average molecular weight is 140 g/mol. The average Bonchev–Trinajstić information content (AvgIpc) is 2.10. The number of hydrogen-bond donors (Lipinski definition) is 0. The summed E-state index contributed by atoms with van der Waals surface area (Å²) < 4.78 is 14.0. The van der Waals surface area contributed by atoms with Gasteiger partial charge in [0.15, 0.2) is 0 Å². The van der Waals surface area contributed by atoms with Crippen LogP contribution in [-0.2, 0) is 0 Å². The monoisotopic (exact) mass is 140 g/mol. The Morgan fingerprint density at radius 2 is 2.40 bits per heavy atom. The summed E-state index contributed by atoms with van der Waals surface area (Å²) in [6.45, 7) is 0. The van der Waals surface area contributed by atoms with E-state index in [0.717, 1.165) is 12.8 Å². The summed E-state index contributed by atoms with van der Waals surface area (Å²) in [6.07, 6.45) is 5.27. The Kier molecular flexibility index (Phi) is 1.22. The van der Waals surface area contributed by atoms with Gasteiger partial charge in [0, 0.05) is 12.3 Å². The van der Waals surface area contributed by atoms with Crippen molar-refractivity contribution in [3.05, 3.63) is 18.2 Å². The molecule has 1 aliphatic rings. The molecule has 0 saturated heterocycles. The summed E-state index contributed by atoms with van der Waals surface area (Å²) in [7, 11) is 0. The lowest BCUT2D eigenvalue weighted by molar-refractivity contribution is 0.283. The molecule has 0 aliphatic heterocycles. The van der Waals surface area contributed by atoms with Crippen LogP contribution in [0.2, 0.25) is 0 Å².